The highest BCUT2D eigenvalue weighted by Crippen LogP contribution is 2.59. The molecule has 0 aromatic heterocycles. The SMILES string of the molecule is CO[P@@]1(=O)O[C@H](CO)[C@@H](OCc2ccccc2)[C@H](OCc2ccccc2)[C@H]1OC(C)=O. The van der Waals surface area contributed by atoms with E-state index in [-0.39, 0.29) is 13.2 Å². The van der Waals surface area contributed by atoms with Gasteiger partial charge in [-0.05, 0) is 11.1 Å². The fraction of sp³-hybridized carbons (Fsp3) is 0.409. The second kappa shape index (κ2) is 11.0. The molecule has 1 heterocycles. The van der Waals surface area contributed by atoms with Gasteiger partial charge in [-0.15, -0.1) is 0 Å². The maximum absolute atomic E-state index is 13.3. The molecule has 0 unspecified atom stereocenters. The number of aliphatic hydroxyl groups is 1. The smallest absolute Gasteiger partial charge is 0.373 e. The summed E-state index contributed by atoms with van der Waals surface area (Å²) in [7, 11) is -2.75. The summed E-state index contributed by atoms with van der Waals surface area (Å²) >= 11 is 0. The van der Waals surface area contributed by atoms with Crippen LogP contribution in [-0.4, -0.2) is 48.9 Å². The van der Waals surface area contributed by atoms with Gasteiger partial charge in [0.25, 0.3) is 0 Å². The maximum atomic E-state index is 13.3. The summed E-state index contributed by atoms with van der Waals surface area (Å²) in [6.45, 7) is 1.06. The summed E-state index contributed by atoms with van der Waals surface area (Å²) in [5, 5.41) is 9.91. The molecule has 0 saturated carbocycles. The van der Waals surface area contributed by atoms with Crippen LogP contribution in [0.25, 0.3) is 0 Å². The van der Waals surface area contributed by atoms with Gasteiger partial charge in [0.1, 0.15) is 18.3 Å². The third kappa shape index (κ3) is 6.01. The van der Waals surface area contributed by atoms with E-state index in [9.17, 15) is 14.5 Å². The van der Waals surface area contributed by atoms with E-state index in [1.165, 1.54) is 14.0 Å². The van der Waals surface area contributed by atoms with Crippen LogP contribution in [0.4, 0.5) is 0 Å². The average molecular weight is 450 g/mol. The van der Waals surface area contributed by atoms with E-state index in [0.29, 0.717) is 0 Å². The molecule has 0 spiro atoms. The van der Waals surface area contributed by atoms with Crippen molar-refractivity contribution in [2.75, 3.05) is 13.7 Å². The van der Waals surface area contributed by atoms with Crippen LogP contribution in [0, 0.1) is 0 Å². The summed E-state index contributed by atoms with van der Waals surface area (Å²) in [5.41, 5.74) is 1.76. The molecule has 0 aliphatic carbocycles. The van der Waals surface area contributed by atoms with Crippen molar-refractivity contribution in [3.05, 3.63) is 71.8 Å². The lowest BCUT2D eigenvalue weighted by Gasteiger charge is -2.43. The Morgan fingerprint density at radius 2 is 1.48 bits per heavy atom. The highest BCUT2D eigenvalue weighted by Gasteiger charge is 2.56. The van der Waals surface area contributed by atoms with Crippen LogP contribution in [0.15, 0.2) is 60.7 Å². The summed E-state index contributed by atoms with van der Waals surface area (Å²) in [6, 6.07) is 18.8. The molecule has 0 bridgehead atoms. The second-order valence-corrected chi connectivity index (χ2v) is 9.24. The monoisotopic (exact) mass is 450 g/mol. The largest absolute Gasteiger partial charge is 0.447 e. The van der Waals surface area contributed by atoms with Crippen molar-refractivity contribution < 1.29 is 37.7 Å². The summed E-state index contributed by atoms with van der Waals surface area (Å²) < 4.78 is 41.5. The first-order valence-electron chi connectivity index (χ1n) is 9.90. The van der Waals surface area contributed by atoms with Crippen LogP contribution in [0.5, 0.6) is 0 Å². The molecule has 2 aromatic carbocycles. The van der Waals surface area contributed by atoms with Gasteiger partial charge in [0.2, 0.25) is 5.85 Å². The van der Waals surface area contributed by atoms with Crippen molar-refractivity contribution in [3.8, 4) is 0 Å². The lowest BCUT2D eigenvalue weighted by Crippen LogP contribution is -2.55. The zero-order chi connectivity index (χ0) is 22.3. The van der Waals surface area contributed by atoms with Gasteiger partial charge in [0, 0.05) is 14.0 Å². The number of hydrogen-bond acceptors (Lipinski definition) is 8. The van der Waals surface area contributed by atoms with E-state index in [1.807, 2.05) is 60.7 Å². The Bertz CT molecular complexity index is 876. The predicted molar refractivity (Wildman–Crippen MR) is 112 cm³/mol. The molecule has 2 aromatic rings. The van der Waals surface area contributed by atoms with E-state index in [2.05, 4.69) is 0 Å². The fourth-order valence-corrected chi connectivity index (χ4v) is 5.23. The normalized spacial score (nSPS) is 28.2. The molecule has 3 rings (SSSR count). The first-order valence-corrected chi connectivity index (χ1v) is 11.5. The number of ether oxygens (including phenoxy) is 3. The Morgan fingerprint density at radius 1 is 0.968 bits per heavy atom. The quantitative estimate of drug-likeness (QED) is 0.459. The number of rotatable bonds is 9. The molecule has 0 amide bonds. The van der Waals surface area contributed by atoms with Gasteiger partial charge >= 0.3 is 13.6 Å². The molecule has 31 heavy (non-hydrogen) atoms. The highest BCUT2D eigenvalue weighted by molar-refractivity contribution is 7.54. The van der Waals surface area contributed by atoms with E-state index < -0.39 is 44.3 Å². The first kappa shape index (κ1) is 23.6. The molecule has 1 saturated heterocycles. The number of carbonyl (C=O) groups is 1. The first-order chi connectivity index (χ1) is 15.0. The zero-order valence-electron chi connectivity index (χ0n) is 17.5. The molecule has 9 heteroatoms. The Labute approximate surface area is 181 Å². The van der Waals surface area contributed by atoms with Crippen molar-refractivity contribution in [2.45, 2.75) is 44.3 Å². The van der Waals surface area contributed by atoms with E-state index >= 15 is 0 Å². The molecule has 8 nitrogen and oxygen atoms in total. The molecule has 1 fully saturated rings. The van der Waals surface area contributed by atoms with Crippen LogP contribution >= 0.6 is 7.60 Å². The van der Waals surface area contributed by atoms with E-state index in [1.54, 1.807) is 0 Å². The highest BCUT2D eigenvalue weighted by atomic mass is 31.2. The molecule has 1 N–H and O–H groups in total. The van der Waals surface area contributed by atoms with Gasteiger partial charge < -0.3 is 23.8 Å². The van der Waals surface area contributed by atoms with Gasteiger partial charge in [-0.25, -0.2) is 0 Å². The number of esters is 1. The Morgan fingerprint density at radius 3 is 1.94 bits per heavy atom. The minimum Gasteiger partial charge on any atom is -0.447 e. The Kier molecular flexibility index (Phi) is 8.37. The number of aliphatic hydroxyl groups excluding tert-OH is 1. The summed E-state index contributed by atoms with van der Waals surface area (Å²) in [6.07, 6.45) is -2.86. The van der Waals surface area contributed by atoms with Crippen LogP contribution in [0.3, 0.4) is 0 Å². The van der Waals surface area contributed by atoms with Gasteiger partial charge in [0.15, 0.2) is 0 Å². The zero-order valence-corrected chi connectivity index (χ0v) is 18.4. The predicted octanol–water partition coefficient (Wildman–Crippen LogP) is 3.28. The van der Waals surface area contributed by atoms with Gasteiger partial charge in [-0.2, -0.15) is 0 Å². The minimum atomic E-state index is -3.95. The Balaban J connectivity index is 1.89. The summed E-state index contributed by atoms with van der Waals surface area (Å²) in [5.74, 6) is -2.01. The number of hydrogen-bond donors (Lipinski definition) is 1. The third-order valence-corrected chi connectivity index (χ3v) is 6.95. The molecule has 168 valence electrons. The van der Waals surface area contributed by atoms with Crippen molar-refractivity contribution in [2.24, 2.45) is 0 Å². The van der Waals surface area contributed by atoms with Crippen molar-refractivity contribution in [1.82, 2.24) is 0 Å². The fourth-order valence-electron chi connectivity index (χ4n) is 3.36. The molecule has 0 radical (unpaired) electrons. The van der Waals surface area contributed by atoms with Crippen molar-refractivity contribution in [1.29, 1.82) is 0 Å². The van der Waals surface area contributed by atoms with Gasteiger partial charge in [0.05, 0.1) is 19.8 Å². The van der Waals surface area contributed by atoms with Crippen LogP contribution < -0.4 is 0 Å². The number of carbonyl (C=O) groups excluding carboxylic acids is 1. The van der Waals surface area contributed by atoms with E-state index in [4.69, 9.17) is 23.3 Å². The molecular formula is C22H27O8P. The molecule has 5 atom stereocenters. The second-order valence-electron chi connectivity index (χ2n) is 7.07. The lowest BCUT2D eigenvalue weighted by molar-refractivity contribution is -0.190. The van der Waals surface area contributed by atoms with E-state index in [0.717, 1.165) is 11.1 Å². The minimum absolute atomic E-state index is 0.149. The maximum Gasteiger partial charge on any atom is 0.373 e. The molecule has 1 aliphatic heterocycles. The topological polar surface area (TPSA) is 101 Å². The van der Waals surface area contributed by atoms with Crippen LogP contribution in [-0.2, 0) is 45.8 Å². The lowest BCUT2D eigenvalue weighted by atomic mass is 10.1. The van der Waals surface area contributed by atoms with Crippen LogP contribution in [0.2, 0.25) is 0 Å². The van der Waals surface area contributed by atoms with Gasteiger partial charge in [-0.3, -0.25) is 13.9 Å². The Hall–Kier alpha value is -2.06. The third-order valence-electron chi connectivity index (χ3n) is 4.86. The van der Waals surface area contributed by atoms with Crippen molar-refractivity contribution >= 4 is 13.6 Å². The average Bonchev–Trinajstić information content (AvgIpc) is 2.79. The summed E-state index contributed by atoms with van der Waals surface area (Å²) in [4.78, 5) is 11.8. The molecule has 1 aliphatic rings. The van der Waals surface area contributed by atoms with Gasteiger partial charge in [-0.1, -0.05) is 60.7 Å². The standard InChI is InChI=1S/C22H27O8P/c1-16(24)29-22-21(28-15-18-11-7-4-8-12-18)20(19(13-23)30-31(22,25)26-2)27-14-17-9-5-3-6-10-17/h3-12,19-23H,13-15H2,1-2H3/t19-,20-,21+,22+,31-/m1/s1. The number of benzene rings is 2. The molecular weight excluding hydrogens is 423 g/mol. The van der Waals surface area contributed by atoms with Crippen LogP contribution in [0.1, 0.15) is 18.1 Å². The van der Waals surface area contributed by atoms with Crippen molar-refractivity contribution in [3.63, 3.8) is 0 Å².